The first-order valence-corrected chi connectivity index (χ1v) is 9.42. The second kappa shape index (κ2) is 7.05. The van der Waals surface area contributed by atoms with Crippen LogP contribution in [-0.4, -0.2) is 37.9 Å². The number of rotatable bonds is 5. The molecule has 1 aliphatic rings. The summed E-state index contributed by atoms with van der Waals surface area (Å²) in [5.74, 6) is -1.65. The molecule has 0 radical (unpaired) electrons. The highest BCUT2D eigenvalue weighted by atomic mass is 32.2. The van der Waals surface area contributed by atoms with Gasteiger partial charge in [-0.15, -0.1) is 0 Å². The average molecular weight is 345 g/mol. The second-order valence-corrected chi connectivity index (χ2v) is 8.20. The zero-order valence-electron chi connectivity index (χ0n) is 13.3. The summed E-state index contributed by atoms with van der Waals surface area (Å²) in [4.78, 5) is 11.6. The lowest BCUT2D eigenvalue weighted by Crippen LogP contribution is -2.39. The van der Waals surface area contributed by atoms with Crippen LogP contribution in [-0.2, 0) is 14.8 Å². The lowest BCUT2D eigenvalue weighted by atomic mass is 9.78. The van der Waals surface area contributed by atoms with Crippen molar-refractivity contribution >= 4 is 15.8 Å². The van der Waals surface area contributed by atoms with Crippen LogP contribution in [0.25, 0.3) is 0 Å². The minimum absolute atomic E-state index is 0.0260. The number of carbonyl (C=O) groups is 1. The van der Waals surface area contributed by atoms with E-state index < -0.39 is 21.7 Å². The van der Waals surface area contributed by atoms with Gasteiger partial charge in [0.05, 0.1) is 6.26 Å². The highest BCUT2D eigenvalue weighted by Gasteiger charge is 2.31. The maximum absolute atomic E-state index is 13.5. The summed E-state index contributed by atoms with van der Waals surface area (Å²) in [6.07, 6.45) is 2.51. The summed E-state index contributed by atoms with van der Waals surface area (Å²) in [6, 6.07) is 3.33. The van der Waals surface area contributed by atoms with Gasteiger partial charge in [-0.25, -0.2) is 21.5 Å². The van der Waals surface area contributed by atoms with Gasteiger partial charge in [-0.2, -0.15) is 0 Å². The molecule has 1 heterocycles. The molecule has 1 saturated heterocycles. The van der Waals surface area contributed by atoms with E-state index in [9.17, 15) is 22.0 Å². The van der Waals surface area contributed by atoms with E-state index in [1.54, 1.807) is 0 Å². The van der Waals surface area contributed by atoms with Crippen molar-refractivity contribution < 1.29 is 22.0 Å². The molecule has 1 fully saturated rings. The third-order valence-corrected chi connectivity index (χ3v) is 5.66. The molecule has 1 aromatic carbocycles. The van der Waals surface area contributed by atoms with E-state index in [2.05, 4.69) is 0 Å². The number of hydrogen-bond acceptors (Lipinski definition) is 3. The monoisotopic (exact) mass is 345 g/mol. The van der Waals surface area contributed by atoms with Crippen LogP contribution >= 0.6 is 0 Å². The second-order valence-electron chi connectivity index (χ2n) is 6.21. The molecule has 1 atom stereocenters. The van der Waals surface area contributed by atoms with Crippen LogP contribution in [0.2, 0.25) is 0 Å². The van der Waals surface area contributed by atoms with Crippen LogP contribution in [0.1, 0.15) is 37.7 Å². The first kappa shape index (κ1) is 18.0. The van der Waals surface area contributed by atoms with Gasteiger partial charge >= 0.3 is 0 Å². The largest absolute Gasteiger partial charge is 0.300 e. The number of ketones is 1. The highest BCUT2D eigenvalue weighted by Crippen LogP contribution is 2.36. The van der Waals surface area contributed by atoms with Crippen molar-refractivity contribution in [1.29, 1.82) is 0 Å². The first-order valence-electron chi connectivity index (χ1n) is 7.57. The molecule has 2 rings (SSSR count). The van der Waals surface area contributed by atoms with Gasteiger partial charge < -0.3 is 4.79 Å². The lowest BCUT2D eigenvalue weighted by molar-refractivity contribution is -0.117. The lowest BCUT2D eigenvalue weighted by Gasteiger charge is -2.35. The van der Waals surface area contributed by atoms with E-state index in [1.165, 1.54) is 29.6 Å². The van der Waals surface area contributed by atoms with Crippen LogP contribution in [0.5, 0.6) is 0 Å². The van der Waals surface area contributed by atoms with E-state index in [-0.39, 0.29) is 24.0 Å². The normalized spacial score (nSPS) is 18.8. The molecule has 1 aromatic rings. The van der Waals surface area contributed by atoms with Crippen LogP contribution in [0, 0.1) is 17.6 Å². The Morgan fingerprint density at radius 1 is 1.22 bits per heavy atom. The van der Waals surface area contributed by atoms with Crippen molar-refractivity contribution in [3.05, 3.63) is 35.4 Å². The third-order valence-electron chi connectivity index (χ3n) is 4.36. The zero-order valence-corrected chi connectivity index (χ0v) is 14.1. The summed E-state index contributed by atoms with van der Waals surface area (Å²) in [5.41, 5.74) is 0.468. The fourth-order valence-corrected chi connectivity index (χ4v) is 4.14. The smallest absolute Gasteiger partial charge is 0.211 e. The molecule has 0 N–H and O–H groups in total. The van der Waals surface area contributed by atoms with Crippen molar-refractivity contribution in [2.75, 3.05) is 19.3 Å². The Balaban J connectivity index is 2.21. The number of Topliss-reactive ketones (excluding diaryl/α,β-unsaturated/α-hetero) is 1. The molecule has 0 amide bonds. The maximum Gasteiger partial charge on any atom is 0.211 e. The van der Waals surface area contributed by atoms with Crippen molar-refractivity contribution in [2.45, 2.75) is 32.1 Å². The van der Waals surface area contributed by atoms with E-state index in [0.29, 0.717) is 31.5 Å². The Morgan fingerprint density at radius 2 is 1.74 bits per heavy atom. The van der Waals surface area contributed by atoms with Gasteiger partial charge in [-0.3, -0.25) is 0 Å². The Hall–Kier alpha value is -1.34. The highest BCUT2D eigenvalue weighted by molar-refractivity contribution is 7.88. The predicted octanol–water partition coefficient (Wildman–Crippen LogP) is 2.70. The van der Waals surface area contributed by atoms with Gasteiger partial charge in [0.2, 0.25) is 10.0 Å². The summed E-state index contributed by atoms with van der Waals surface area (Å²) < 4.78 is 51.5. The molecule has 0 bridgehead atoms. The molecule has 0 unspecified atom stereocenters. The molecule has 128 valence electrons. The number of piperidine rings is 1. The van der Waals surface area contributed by atoms with Crippen molar-refractivity contribution in [2.24, 2.45) is 5.92 Å². The van der Waals surface area contributed by atoms with Gasteiger partial charge in [0, 0.05) is 25.6 Å². The van der Waals surface area contributed by atoms with Gasteiger partial charge in [0.1, 0.15) is 17.4 Å². The molecule has 4 nitrogen and oxygen atoms in total. The number of halogens is 2. The fraction of sp³-hybridized carbons (Fsp3) is 0.562. The summed E-state index contributed by atoms with van der Waals surface area (Å²) in [6.45, 7) is 2.19. The predicted molar refractivity (Wildman–Crippen MR) is 83.5 cm³/mol. The first-order chi connectivity index (χ1) is 10.7. The summed E-state index contributed by atoms with van der Waals surface area (Å²) >= 11 is 0. The maximum atomic E-state index is 13.5. The summed E-state index contributed by atoms with van der Waals surface area (Å²) in [7, 11) is -3.23. The van der Waals surface area contributed by atoms with Crippen LogP contribution in [0.15, 0.2) is 18.2 Å². The van der Waals surface area contributed by atoms with Gasteiger partial charge in [0.15, 0.2) is 0 Å². The zero-order chi connectivity index (χ0) is 17.2. The van der Waals surface area contributed by atoms with E-state index in [4.69, 9.17) is 0 Å². The molecule has 0 saturated carbocycles. The van der Waals surface area contributed by atoms with E-state index in [1.807, 2.05) is 0 Å². The molecule has 0 aromatic heterocycles. The number of sulfonamides is 1. The van der Waals surface area contributed by atoms with Gasteiger partial charge in [-0.05, 0) is 49.3 Å². The molecule has 0 spiro atoms. The SMILES string of the molecule is CC(=O)C[C@@H](c1cc(F)cc(F)c1)C1CCN(S(C)(=O)=O)CC1. The van der Waals surface area contributed by atoms with Crippen LogP contribution in [0.3, 0.4) is 0 Å². The Morgan fingerprint density at radius 3 is 2.17 bits per heavy atom. The van der Waals surface area contributed by atoms with Gasteiger partial charge in [-0.1, -0.05) is 0 Å². The van der Waals surface area contributed by atoms with Crippen molar-refractivity contribution in [3.63, 3.8) is 0 Å². The molecule has 7 heteroatoms. The van der Waals surface area contributed by atoms with Gasteiger partial charge in [0.25, 0.3) is 0 Å². The topological polar surface area (TPSA) is 54.5 Å². The third kappa shape index (κ3) is 4.81. The van der Waals surface area contributed by atoms with E-state index in [0.717, 1.165) is 6.07 Å². The minimum Gasteiger partial charge on any atom is -0.300 e. The minimum atomic E-state index is -3.23. The molecule has 23 heavy (non-hydrogen) atoms. The van der Waals surface area contributed by atoms with Crippen LogP contribution in [0.4, 0.5) is 8.78 Å². The molecular formula is C16H21F2NO3S. The summed E-state index contributed by atoms with van der Waals surface area (Å²) in [5, 5.41) is 0. The Labute approximate surface area is 135 Å². The molecule has 0 aliphatic carbocycles. The number of carbonyl (C=O) groups excluding carboxylic acids is 1. The quantitative estimate of drug-likeness (QED) is 0.824. The van der Waals surface area contributed by atoms with Crippen LogP contribution < -0.4 is 0 Å². The number of hydrogen-bond donors (Lipinski definition) is 0. The Kier molecular flexibility index (Phi) is 5.52. The van der Waals surface area contributed by atoms with Crippen molar-refractivity contribution in [3.8, 4) is 0 Å². The van der Waals surface area contributed by atoms with Crippen molar-refractivity contribution in [1.82, 2.24) is 4.31 Å². The average Bonchev–Trinajstić information content (AvgIpc) is 2.42. The standard InChI is InChI=1S/C16H21F2NO3S/c1-11(20)7-16(13-8-14(17)10-15(18)9-13)12-3-5-19(6-4-12)23(2,21)22/h8-10,12,16H,3-7H2,1-2H3/t16-/m1/s1. The Bertz CT molecular complexity index is 662. The molecular weight excluding hydrogens is 324 g/mol. The fourth-order valence-electron chi connectivity index (χ4n) is 3.27. The number of nitrogens with zero attached hydrogens (tertiary/aromatic N) is 1. The van der Waals surface area contributed by atoms with E-state index >= 15 is 0 Å². The number of benzene rings is 1. The molecule has 1 aliphatic heterocycles.